The first-order chi connectivity index (χ1) is 10.0. The van der Waals surface area contributed by atoms with E-state index in [-0.39, 0.29) is 6.42 Å². The third kappa shape index (κ3) is 3.17. The van der Waals surface area contributed by atoms with Crippen molar-refractivity contribution in [2.24, 2.45) is 0 Å². The number of furan rings is 1. The Morgan fingerprint density at radius 1 is 1.43 bits per heavy atom. The molecule has 0 radical (unpaired) electrons. The molecule has 0 bridgehead atoms. The molecule has 1 aliphatic rings. The lowest BCUT2D eigenvalue weighted by atomic mass is 10.1. The summed E-state index contributed by atoms with van der Waals surface area (Å²) in [5.41, 5.74) is 1.65. The largest absolute Gasteiger partial charge is 0.472 e. The molecule has 3 rings (SSSR count). The van der Waals surface area contributed by atoms with Gasteiger partial charge in [0.25, 0.3) is 0 Å². The number of hydrogen-bond acceptors (Lipinski definition) is 5. The number of nitrogens with one attached hydrogen (secondary N) is 1. The number of carbonyl (C=O) groups excluding carboxylic acids is 1. The van der Waals surface area contributed by atoms with Gasteiger partial charge in [-0.2, -0.15) is 12.7 Å². The van der Waals surface area contributed by atoms with Crippen molar-refractivity contribution in [3.8, 4) is 0 Å². The molecular weight excluding hydrogens is 312 g/mol. The molecule has 21 heavy (non-hydrogen) atoms. The number of amides is 1. The van der Waals surface area contributed by atoms with Crippen LogP contribution >= 0.6 is 11.3 Å². The Morgan fingerprint density at radius 2 is 2.29 bits per heavy atom. The fraction of sp³-hybridized carbons (Fsp3) is 0.308. The summed E-state index contributed by atoms with van der Waals surface area (Å²) in [5.74, 6) is -0.562. The van der Waals surface area contributed by atoms with Crippen LogP contribution in [0.4, 0.5) is 0 Å². The molecule has 1 N–H and O–H groups in total. The summed E-state index contributed by atoms with van der Waals surface area (Å²) in [6, 6.07) is 3.56. The Balaban J connectivity index is 1.66. The normalized spacial score (nSPS) is 15.6. The van der Waals surface area contributed by atoms with Crippen molar-refractivity contribution in [2.75, 3.05) is 6.54 Å². The number of rotatable bonds is 4. The maximum atomic E-state index is 12.2. The second-order valence-corrected chi connectivity index (χ2v) is 7.46. The molecule has 6 nitrogen and oxygen atoms in total. The number of carbonyl (C=O) groups is 1. The number of thiophene rings is 1. The summed E-state index contributed by atoms with van der Waals surface area (Å²) < 4.78 is 32.7. The fourth-order valence-corrected chi connectivity index (χ4v) is 4.27. The van der Waals surface area contributed by atoms with E-state index in [1.54, 1.807) is 17.4 Å². The molecule has 1 amide bonds. The minimum atomic E-state index is -3.80. The molecular formula is C13H14N2O4S2. The zero-order valence-corrected chi connectivity index (χ0v) is 12.7. The van der Waals surface area contributed by atoms with Crippen LogP contribution in [0.25, 0.3) is 0 Å². The molecule has 2 aromatic heterocycles. The van der Waals surface area contributed by atoms with Crippen LogP contribution in [0.2, 0.25) is 0 Å². The summed E-state index contributed by atoms with van der Waals surface area (Å²) in [6.07, 6.45) is 3.53. The van der Waals surface area contributed by atoms with Crippen LogP contribution in [-0.2, 0) is 34.4 Å². The number of nitrogens with zero attached hydrogens (tertiary/aromatic N) is 1. The summed E-state index contributed by atoms with van der Waals surface area (Å²) in [6.45, 7) is 0.703. The topological polar surface area (TPSA) is 79.6 Å². The highest BCUT2D eigenvalue weighted by Gasteiger charge is 2.28. The van der Waals surface area contributed by atoms with E-state index in [2.05, 4.69) is 4.72 Å². The van der Waals surface area contributed by atoms with Gasteiger partial charge in [0.05, 0.1) is 18.9 Å². The lowest BCUT2D eigenvalue weighted by Crippen LogP contribution is -2.45. The van der Waals surface area contributed by atoms with E-state index >= 15 is 0 Å². The highest BCUT2D eigenvalue weighted by Crippen LogP contribution is 2.25. The quantitative estimate of drug-likeness (QED) is 0.918. The van der Waals surface area contributed by atoms with Crippen LogP contribution in [0.15, 0.2) is 34.5 Å². The van der Waals surface area contributed by atoms with E-state index in [1.165, 1.54) is 21.7 Å². The molecule has 0 atom stereocenters. The molecule has 112 valence electrons. The molecule has 0 saturated carbocycles. The van der Waals surface area contributed by atoms with Crippen molar-refractivity contribution >= 4 is 27.5 Å². The molecule has 2 aromatic rings. The van der Waals surface area contributed by atoms with Crippen LogP contribution in [0.3, 0.4) is 0 Å². The van der Waals surface area contributed by atoms with Crippen LogP contribution in [0, 0.1) is 0 Å². The Bertz CT molecular complexity index is 734. The maximum Gasteiger partial charge on any atom is 0.304 e. The second-order valence-electron chi connectivity index (χ2n) is 4.79. The standard InChI is InChI=1S/C13H14N2O4S2/c16-13(7-10-2-5-19-9-10)14-21(17,18)15-4-1-12-11(8-15)3-6-20-12/h2-3,5-6,9H,1,4,7-8H2,(H,14,16). The van der Waals surface area contributed by atoms with Gasteiger partial charge in [-0.25, -0.2) is 4.72 Å². The predicted octanol–water partition coefficient (Wildman–Crippen LogP) is 1.30. The molecule has 8 heteroatoms. The molecule has 1 aliphatic heterocycles. The van der Waals surface area contributed by atoms with Gasteiger partial charge in [0.15, 0.2) is 0 Å². The predicted molar refractivity (Wildman–Crippen MR) is 77.9 cm³/mol. The van der Waals surface area contributed by atoms with Crippen molar-refractivity contribution in [2.45, 2.75) is 19.4 Å². The van der Waals surface area contributed by atoms with Crippen LogP contribution in [0.1, 0.15) is 16.0 Å². The Kier molecular flexibility index (Phi) is 3.83. The van der Waals surface area contributed by atoms with Crippen LogP contribution in [-0.4, -0.2) is 25.2 Å². The zero-order valence-electron chi connectivity index (χ0n) is 11.1. The minimum Gasteiger partial charge on any atom is -0.472 e. The average molecular weight is 326 g/mol. The lowest BCUT2D eigenvalue weighted by molar-refractivity contribution is -0.118. The average Bonchev–Trinajstić information content (AvgIpc) is 3.07. The first kappa shape index (κ1) is 14.3. The van der Waals surface area contributed by atoms with E-state index in [0.717, 1.165) is 5.56 Å². The second kappa shape index (κ2) is 5.63. The molecule has 0 saturated heterocycles. The zero-order chi connectivity index (χ0) is 14.9. The summed E-state index contributed by atoms with van der Waals surface area (Å²) in [5, 5.41) is 1.96. The van der Waals surface area contributed by atoms with E-state index in [0.29, 0.717) is 25.1 Å². The van der Waals surface area contributed by atoms with Crippen molar-refractivity contribution in [1.82, 2.24) is 9.03 Å². The fourth-order valence-electron chi connectivity index (χ4n) is 2.25. The Labute approximate surface area is 126 Å². The molecule has 0 unspecified atom stereocenters. The summed E-state index contributed by atoms with van der Waals surface area (Å²) in [7, 11) is -3.80. The van der Waals surface area contributed by atoms with E-state index in [1.807, 2.05) is 11.4 Å². The van der Waals surface area contributed by atoms with Crippen molar-refractivity contribution in [3.05, 3.63) is 46.0 Å². The summed E-state index contributed by atoms with van der Waals surface area (Å²) in [4.78, 5) is 13.0. The van der Waals surface area contributed by atoms with Gasteiger partial charge in [-0.3, -0.25) is 4.79 Å². The highest BCUT2D eigenvalue weighted by atomic mass is 32.2. The van der Waals surface area contributed by atoms with Gasteiger partial charge in [0.2, 0.25) is 5.91 Å². The Morgan fingerprint density at radius 3 is 3.05 bits per heavy atom. The summed E-state index contributed by atoms with van der Waals surface area (Å²) >= 11 is 1.64. The Hall–Kier alpha value is -1.64. The molecule has 0 aliphatic carbocycles. The smallest absolute Gasteiger partial charge is 0.304 e. The third-order valence-electron chi connectivity index (χ3n) is 3.30. The van der Waals surface area contributed by atoms with Crippen LogP contribution < -0.4 is 4.72 Å². The molecule has 3 heterocycles. The van der Waals surface area contributed by atoms with Gasteiger partial charge >= 0.3 is 10.2 Å². The number of hydrogen-bond donors (Lipinski definition) is 1. The van der Waals surface area contributed by atoms with E-state index < -0.39 is 16.1 Å². The van der Waals surface area contributed by atoms with Gasteiger partial charge in [-0.15, -0.1) is 11.3 Å². The van der Waals surface area contributed by atoms with Crippen molar-refractivity contribution in [1.29, 1.82) is 0 Å². The first-order valence-corrected chi connectivity index (χ1v) is 8.73. The van der Waals surface area contributed by atoms with Gasteiger partial charge in [-0.1, -0.05) is 0 Å². The van der Waals surface area contributed by atoms with Gasteiger partial charge < -0.3 is 4.42 Å². The van der Waals surface area contributed by atoms with Gasteiger partial charge in [0.1, 0.15) is 0 Å². The first-order valence-electron chi connectivity index (χ1n) is 6.41. The van der Waals surface area contributed by atoms with Gasteiger partial charge in [-0.05, 0) is 35.1 Å². The highest BCUT2D eigenvalue weighted by molar-refractivity contribution is 7.87. The molecule has 0 fully saturated rings. The number of fused-ring (bicyclic) bond motifs is 1. The molecule has 0 aromatic carbocycles. The van der Waals surface area contributed by atoms with E-state index in [4.69, 9.17) is 4.42 Å². The van der Waals surface area contributed by atoms with Crippen LogP contribution in [0.5, 0.6) is 0 Å². The van der Waals surface area contributed by atoms with Gasteiger partial charge in [0, 0.05) is 18.0 Å². The third-order valence-corrected chi connectivity index (χ3v) is 5.80. The van der Waals surface area contributed by atoms with Crippen molar-refractivity contribution in [3.63, 3.8) is 0 Å². The lowest BCUT2D eigenvalue weighted by Gasteiger charge is -2.26. The SMILES string of the molecule is O=C(Cc1ccoc1)NS(=O)(=O)N1CCc2sccc2C1. The minimum absolute atomic E-state index is 0.0206. The maximum absolute atomic E-state index is 12.2. The molecule has 0 spiro atoms. The van der Waals surface area contributed by atoms with E-state index in [9.17, 15) is 13.2 Å². The monoisotopic (exact) mass is 326 g/mol. The van der Waals surface area contributed by atoms with Crippen molar-refractivity contribution < 1.29 is 17.6 Å².